The number of hydrogen-bond donors (Lipinski definition) is 1. The number of cyclic esters (lactones) is 1. The second-order valence-corrected chi connectivity index (χ2v) is 2.70. The molecule has 0 saturated carbocycles. The van der Waals surface area contributed by atoms with Crippen molar-refractivity contribution in [2.24, 2.45) is 5.41 Å². The Hall–Kier alpha value is -0.900. The van der Waals surface area contributed by atoms with Crippen LogP contribution in [0.5, 0.6) is 0 Å². The van der Waals surface area contributed by atoms with Crippen molar-refractivity contribution < 1.29 is 19.4 Å². The summed E-state index contributed by atoms with van der Waals surface area (Å²) < 4.78 is 4.65. The van der Waals surface area contributed by atoms with Gasteiger partial charge in [0.25, 0.3) is 0 Å². The van der Waals surface area contributed by atoms with Crippen LogP contribution in [-0.4, -0.2) is 30.6 Å². The zero-order valence-electron chi connectivity index (χ0n) is 6.08. The van der Waals surface area contributed by atoms with Gasteiger partial charge in [-0.05, 0) is 0 Å². The summed E-state index contributed by atoms with van der Waals surface area (Å²) in [5.74, 6) is -0.452. The highest BCUT2D eigenvalue weighted by molar-refractivity contribution is 5.81. The summed E-state index contributed by atoms with van der Waals surface area (Å²) >= 11 is 0. The summed E-state index contributed by atoms with van der Waals surface area (Å²) in [4.78, 5) is 21.1. The van der Waals surface area contributed by atoms with Crippen LogP contribution in [0, 0.1) is 5.41 Å². The Kier molecular flexibility index (Phi) is 2.24. The molecule has 0 bridgehead atoms. The molecule has 1 heterocycles. The van der Waals surface area contributed by atoms with Crippen LogP contribution in [0.1, 0.15) is 12.8 Å². The number of esters is 1. The van der Waals surface area contributed by atoms with Crippen LogP contribution in [0.2, 0.25) is 0 Å². The predicted octanol–water partition coefficient (Wildman–Crippen LogP) is -0.499. The van der Waals surface area contributed by atoms with Gasteiger partial charge < -0.3 is 14.6 Å². The van der Waals surface area contributed by atoms with Crippen LogP contribution in [0.3, 0.4) is 0 Å². The number of hydrogen-bond acceptors (Lipinski definition) is 4. The maximum Gasteiger partial charge on any atom is 0.314 e. The monoisotopic (exact) mass is 158 g/mol. The first kappa shape index (κ1) is 8.20. The summed E-state index contributed by atoms with van der Waals surface area (Å²) in [7, 11) is 0. The smallest absolute Gasteiger partial charge is 0.314 e. The van der Waals surface area contributed by atoms with Gasteiger partial charge in [-0.2, -0.15) is 0 Å². The number of aliphatic hydroxyl groups excluding tert-OH is 1. The average Bonchev–Trinajstić information content (AvgIpc) is 2.35. The van der Waals surface area contributed by atoms with Gasteiger partial charge >= 0.3 is 5.97 Å². The molecule has 0 aliphatic carbocycles. The first-order valence-corrected chi connectivity index (χ1v) is 3.47. The molecule has 1 N–H and O–H groups in total. The van der Waals surface area contributed by atoms with E-state index in [9.17, 15) is 9.59 Å². The summed E-state index contributed by atoms with van der Waals surface area (Å²) in [5.41, 5.74) is -0.929. The zero-order chi connectivity index (χ0) is 8.32. The Balaban J connectivity index is 2.72. The van der Waals surface area contributed by atoms with Crippen LogP contribution in [0.4, 0.5) is 0 Å². The van der Waals surface area contributed by atoms with E-state index in [-0.39, 0.29) is 13.0 Å². The third-order valence-electron chi connectivity index (χ3n) is 2.02. The minimum Gasteiger partial charge on any atom is -0.465 e. The summed E-state index contributed by atoms with van der Waals surface area (Å²) in [6.45, 7) is 0.0117. The number of aldehydes is 1. The van der Waals surface area contributed by atoms with E-state index in [0.29, 0.717) is 19.3 Å². The lowest BCUT2D eigenvalue weighted by Gasteiger charge is -2.17. The van der Waals surface area contributed by atoms with Crippen molar-refractivity contribution in [3.63, 3.8) is 0 Å². The normalized spacial score (nSPS) is 30.1. The third-order valence-corrected chi connectivity index (χ3v) is 2.02. The van der Waals surface area contributed by atoms with E-state index in [2.05, 4.69) is 4.74 Å². The number of aliphatic hydroxyl groups is 1. The predicted molar refractivity (Wildman–Crippen MR) is 35.8 cm³/mol. The van der Waals surface area contributed by atoms with E-state index in [1.807, 2.05) is 0 Å². The van der Waals surface area contributed by atoms with Crippen molar-refractivity contribution in [3.8, 4) is 0 Å². The fraction of sp³-hybridized carbons (Fsp3) is 0.714. The van der Waals surface area contributed by atoms with Crippen molar-refractivity contribution in [1.82, 2.24) is 0 Å². The average molecular weight is 158 g/mol. The molecule has 0 amide bonds. The van der Waals surface area contributed by atoms with Gasteiger partial charge in [-0.15, -0.1) is 0 Å². The Morgan fingerprint density at radius 3 is 2.82 bits per heavy atom. The Morgan fingerprint density at radius 2 is 2.45 bits per heavy atom. The van der Waals surface area contributed by atoms with Crippen LogP contribution in [0.15, 0.2) is 0 Å². The fourth-order valence-electron chi connectivity index (χ4n) is 1.15. The number of carbonyl (C=O) groups is 2. The second-order valence-electron chi connectivity index (χ2n) is 2.70. The molecule has 1 atom stereocenters. The third kappa shape index (κ3) is 1.26. The fourth-order valence-corrected chi connectivity index (χ4v) is 1.15. The summed E-state index contributed by atoms with van der Waals surface area (Å²) in [5, 5.41) is 8.86. The number of rotatable bonds is 3. The van der Waals surface area contributed by atoms with E-state index in [0.717, 1.165) is 0 Å². The van der Waals surface area contributed by atoms with Crippen molar-refractivity contribution in [3.05, 3.63) is 0 Å². The van der Waals surface area contributed by atoms with E-state index >= 15 is 0 Å². The van der Waals surface area contributed by atoms with Gasteiger partial charge in [0, 0.05) is 12.8 Å². The molecule has 1 aliphatic rings. The molecule has 1 unspecified atom stereocenters. The highest BCUT2D eigenvalue weighted by Gasteiger charge is 2.43. The molecule has 1 saturated heterocycles. The van der Waals surface area contributed by atoms with E-state index in [1.54, 1.807) is 0 Å². The van der Waals surface area contributed by atoms with Gasteiger partial charge in [0.2, 0.25) is 0 Å². The highest BCUT2D eigenvalue weighted by atomic mass is 16.5. The number of carbonyl (C=O) groups excluding carboxylic acids is 2. The van der Waals surface area contributed by atoms with Gasteiger partial charge in [0.05, 0.1) is 13.2 Å². The summed E-state index contributed by atoms with van der Waals surface area (Å²) in [6.07, 6.45) is 1.15. The van der Waals surface area contributed by atoms with Crippen LogP contribution >= 0.6 is 0 Å². The highest BCUT2D eigenvalue weighted by Crippen LogP contribution is 2.31. The molecule has 4 heteroatoms. The lowest BCUT2D eigenvalue weighted by Crippen LogP contribution is -2.30. The van der Waals surface area contributed by atoms with Crippen molar-refractivity contribution in [2.75, 3.05) is 13.2 Å². The molecule has 0 spiro atoms. The molecule has 4 nitrogen and oxygen atoms in total. The van der Waals surface area contributed by atoms with Crippen LogP contribution in [-0.2, 0) is 14.3 Å². The van der Waals surface area contributed by atoms with E-state index in [1.165, 1.54) is 0 Å². The topological polar surface area (TPSA) is 63.6 Å². The molecule has 1 rings (SSSR count). The molecular formula is C7H10O4. The van der Waals surface area contributed by atoms with Gasteiger partial charge in [0.1, 0.15) is 11.7 Å². The molecule has 1 aliphatic heterocycles. The Morgan fingerprint density at radius 1 is 1.73 bits per heavy atom. The molecule has 62 valence electrons. The molecule has 0 aromatic heterocycles. The minimum absolute atomic E-state index is 0.0579. The van der Waals surface area contributed by atoms with Gasteiger partial charge in [-0.25, -0.2) is 0 Å². The SMILES string of the molecule is O=CCC1(CO)CCOC1=O. The van der Waals surface area contributed by atoms with Gasteiger partial charge in [0.15, 0.2) is 0 Å². The van der Waals surface area contributed by atoms with Crippen molar-refractivity contribution in [2.45, 2.75) is 12.8 Å². The van der Waals surface area contributed by atoms with Crippen LogP contribution in [0.25, 0.3) is 0 Å². The zero-order valence-corrected chi connectivity index (χ0v) is 6.08. The Bertz CT molecular complexity index is 177. The molecular weight excluding hydrogens is 148 g/mol. The molecule has 0 radical (unpaired) electrons. The molecule has 1 fully saturated rings. The van der Waals surface area contributed by atoms with E-state index in [4.69, 9.17) is 5.11 Å². The van der Waals surface area contributed by atoms with Gasteiger partial charge in [-0.1, -0.05) is 0 Å². The number of ether oxygens (including phenoxy) is 1. The minimum atomic E-state index is -0.929. The lowest BCUT2D eigenvalue weighted by molar-refractivity contribution is -0.149. The standard InChI is InChI=1S/C7H10O4/c8-3-1-7(5-9)2-4-11-6(7)10/h3,9H,1-2,4-5H2. The maximum absolute atomic E-state index is 11.0. The quantitative estimate of drug-likeness (QED) is 0.444. The van der Waals surface area contributed by atoms with Gasteiger partial charge in [-0.3, -0.25) is 4.79 Å². The Labute approximate surface area is 64.2 Å². The van der Waals surface area contributed by atoms with Crippen LogP contribution < -0.4 is 0 Å². The second kappa shape index (κ2) is 3.00. The maximum atomic E-state index is 11.0. The molecule has 0 aromatic rings. The first-order chi connectivity index (χ1) is 5.25. The molecule has 11 heavy (non-hydrogen) atoms. The largest absolute Gasteiger partial charge is 0.465 e. The molecule has 0 aromatic carbocycles. The summed E-state index contributed by atoms with van der Waals surface area (Å²) in [6, 6.07) is 0. The lowest BCUT2D eigenvalue weighted by atomic mass is 9.85. The van der Waals surface area contributed by atoms with E-state index < -0.39 is 11.4 Å². The van der Waals surface area contributed by atoms with Crippen molar-refractivity contribution in [1.29, 1.82) is 0 Å². The first-order valence-electron chi connectivity index (χ1n) is 3.47. The van der Waals surface area contributed by atoms with Crippen molar-refractivity contribution >= 4 is 12.3 Å².